The van der Waals surface area contributed by atoms with Crippen molar-refractivity contribution >= 4 is 55.2 Å². The lowest BCUT2D eigenvalue weighted by molar-refractivity contribution is -0.141. The second kappa shape index (κ2) is 15.2. The van der Waals surface area contributed by atoms with Gasteiger partial charge in [0.2, 0.25) is 10.2 Å². The van der Waals surface area contributed by atoms with Crippen molar-refractivity contribution in [2.45, 2.75) is 35.2 Å². The van der Waals surface area contributed by atoms with Gasteiger partial charge in [0.15, 0.2) is 0 Å². The lowest BCUT2D eigenvalue weighted by Crippen LogP contribution is -2.46. The van der Waals surface area contributed by atoms with Gasteiger partial charge in [-0.3, -0.25) is 4.79 Å². The van der Waals surface area contributed by atoms with E-state index < -0.39 is 40.7 Å². The third-order valence-electron chi connectivity index (χ3n) is 5.96. The van der Waals surface area contributed by atoms with Crippen LogP contribution in [0.2, 0.25) is 0 Å². The zero-order valence-electron chi connectivity index (χ0n) is 23.0. The maximum Gasteiger partial charge on any atom is 0.327 e. The van der Waals surface area contributed by atoms with Gasteiger partial charge in [0.1, 0.15) is 49.2 Å². The Morgan fingerprint density at radius 2 is 1.98 bits per heavy atom. The van der Waals surface area contributed by atoms with E-state index in [0.29, 0.717) is 33.2 Å². The Morgan fingerprint density at radius 1 is 1.18 bits per heavy atom. The van der Waals surface area contributed by atoms with Crippen LogP contribution in [0.15, 0.2) is 53.0 Å². The number of nitrogens with zero attached hydrogens (tertiary/aromatic N) is 4. The molecular formula is C26H29FN6O8S3. The molecule has 0 spiro atoms. The molecule has 2 atom stereocenters. The number of carbonyl (C=O) groups is 2. The zero-order valence-corrected chi connectivity index (χ0v) is 25.5. The molecule has 18 heteroatoms. The molecule has 0 aliphatic heterocycles. The summed E-state index contributed by atoms with van der Waals surface area (Å²) >= 11 is 2.19. The average Bonchev–Trinajstić information content (AvgIpc) is 3.64. The molecule has 44 heavy (non-hydrogen) atoms. The number of aliphatic hydroxyl groups is 1. The fraction of sp³-hybridized carbons (Fsp3) is 0.346. The van der Waals surface area contributed by atoms with E-state index in [1.165, 1.54) is 22.6 Å². The Bertz CT molecular complexity index is 1700. The average molecular weight is 669 g/mol. The van der Waals surface area contributed by atoms with Crippen LogP contribution >= 0.6 is 23.1 Å². The van der Waals surface area contributed by atoms with Crippen LogP contribution in [0.3, 0.4) is 0 Å². The van der Waals surface area contributed by atoms with Crippen molar-refractivity contribution in [1.29, 1.82) is 0 Å². The van der Waals surface area contributed by atoms with Crippen molar-refractivity contribution < 1.29 is 42.1 Å². The minimum atomic E-state index is -3.94. The van der Waals surface area contributed by atoms with Gasteiger partial charge in [0, 0.05) is 24.5 Å². The number of amides is 1. The Labute approximate surface area is 259 Å². The maximum absolute atomic E-state index is 13.1. The molecule has 14 nitrogen and oxygen atoms in total. The second-order valence-electron chi connectivity index (χ2n) is 9.26. The number of aliphatic hydroxyl groups excluding tert-OH is 1. The lowest BCUT2D eigenvalue weighted by atomic mass is 10.2. The number of fused-ring (bicyclic) bond motifs is 1. The normalized spacial score (nSPS) is 13.0. The first-order chi connectivity index (χ1) is 21.1. The second-order valence-corrected chi connectivity index (χ2v) is 13.1. The van der Waals surface area contributed by atoms with E-state index in [1.54, 1.807) is 36.4 Å². The van der Waals surface area contributed by atoms with E-state index in [2.05, 4.69) is 20.6 Å². The van der Waals surface area contributed by atoms with Crippen molar-refractivity contribution in [1.82, 2.24) is 25.3 Å². The molecule has 4 rings (SSSR count). The number of nitrogens with one attached hydrogen (secondary N) is 1. The Morgan fingerprint density at radius 3 is 2.70 bits per heavy atom. The van der Waals surface area contributed by atoms with Gasteiger partial charge in [-0.1, -0.05) is 17.3 Å². The smallest absolute Gasteiger partial charge is 0.327 e. The van der Waals surface area contributed by atoms with Crippen molar-refractivity contribution in [2.24, 2.45) is 5.14 Å². The first kappa shape index (κ1) is 33.1. The molecule has 0 unspecified atom stereocenters. The number of carboxylic acid groups (broad SMARTS) is 1. The molecule has 2 aromatic heterocycles. The fourth-order valence-corrected chi connectivity index (χ4v) is 6.59. The molecule has 1 amide bonds. The first-order valence-electron chi connectivity index (χ1n) is 13.0. The van der Waals surface area contributed by atoms with Crippen LogP contribution in [0.1, 0.15) is 23.7 Å². The third kappa shape index (κ3) is 9.08. The number of aromatic nitrogens is 4. The first-order valence-corrected chi connectivity index (χ1v) is 16.6. The van der Waals surface area contributed by atoms with Gasteiger partial charge >= 0.3 is 5.97 Å². The van der Waals surface area contributed by atoms with Crippen LogP contribution in [0.25, 0.3) is 10.2 Å². The van der Waals surface area contributed by atoms with Gasteiger partial charge in [-0.2, -0.15) is 11.8 Å². The van der Waals surface area contributed by atoms with E-state index in [9.17, 15) is 32.6 Å². The van der Waals surface area contributed by atoms with Crippen molar-refractivity contribution in [3.8, 4) is 11.5 Å². The number of carboxylic acids is 1. The molecule has 2 aromatic carbocycles. The monoisotopic (exact) mass is 668 g/mol. The number of aliphatic carboxylic acids is 1. The summed E-state index contributed by atoms with van der Waals surface area (Å²) in [6.07, 6.45) is 1.40. The highest BCUT2D eigenvalue weighted by Gasteiger charge is 2.27. The SMILES string of the molecule is NS(=O)(=O)c1nc2ccc(OCc3cn([C@@H](CCO)C(=O)N[C@H](CSCc4cccc(OCCF)c4)C(=O)O)nn3)cc2s1. The summed E-state index contributed by atoms with van der Waals surface area (Å²) in [5.74, 6) is -0.484. The number of hydrogen-bond acceptors (Lipinski definition) is 12. The highest BCUT2D eigenvalue weighted by molar-refractivity contribution is 7.98. The van der Waals surface area contributed by atoms with Crippen molar-refractivity contribution in [3.63, 3.8) is 0 Å². The number of thiazole rings is 1. The highest BCUT2D eigenvalue weighted by Crippen LogP contribution is 2.28. The third-order valence-corrected chi connectivity index (χ3v) is 9.41. The van der Waals surface area contributed by atoms with Gasteiger partial charge in [0.05, 0.1) is 16.4 Å². The number of halogens is 1. The van der Waals surface area contributed by atoms with Crippen molar-refractivity contribution in [3.05, 3.63) is 59.9 Å². The summed E-state index contributed by atoms with van der Waals surface area (Å²) < 4.78 is 48.1. The van der Waals surface area contributed by atoms with Gasteiger partial charge in [0.25, 0.3) is 10.0 Å². The van der Waals surface area contributed by atoms with E-state index >= 15 is 0 Å². The summed E-state index contributed by atoms with van der Waals surface area (Å²) in [6, 6.07) is 9.55. The summed E-state index contributed by atoms with van der Waals surface area (Å²) in [7, 11) is -3.94. The summed E-state index contributed by atoms with van der Waals surface area (Å²) in [4.78, 5) is 29.0. The quantitative estimate of drug-likeness (QED) is 0.127. The van der Waals surface area contributed by atoms with Gasteiger partial charge in [-0.15, -0.1) is 16.4 Å². The lowest BCUT2D eigenvalue weighted by Gasteiger charge is -2.20. The van der Waals surface area contributed by atoms with E-state index in [-0.39, 0.29) is 36.3 Å². The summed E-state index contributed by atoms with van der Waals surface area (Å²) in [6.45, 7) is -1.09. The highest BCUT2D eigenvalue weighted by atomic mass is 32.2. The molecule has 0 aliphatic carbocycles. The molecule has 0 bridgehead atoms. The standard InChI is InChI=1S/C26H29FN6O8S3/c27-7-9-40-18-3-1-2-16(10-18)14-42-15-21(25(36)37)29-24(35)22(6-8-34)33-12-17(31-32-33)13-41-19-4-5-20-23(11-19)43-26(30-20)44(28,38)39/h1-5,10-12,21-22,34H,6-9,13-15H2,(H,29,35)(H,36,37)(H2,28,38,39)/t21-,22+/m1/s1. The van der Waals surface area contributed by atoms with Gasteiger partial charge < -0.3 is 25.0 Å². The number of rotatable bonds is 17. The molecule has 2 heterocycles. The molecule has 5 N–H and O–H groups in total. The predicted molar refractivity (Wildman–Crippen MR) is 160 cm³/mol. The summed E-state index contributed by atoms with van der Waals surface area (Å²) in [5.41, 5.74) is 1.64. The maximum atomic E-state index is 13.1. The number of alkyl halides is 1. The van der Waals surface area contributed by atoms with E-state index in [1.807, 2.05) is 6.07 Å². The number of carbonyl (C=O) groups excluding carboxylic acids is 1. The van der Waals surface area contributed by atoms with E-state index in [0.717, 1.165) is 16.9 Å². The van der Waals surface area contributed by atoms with Crippen LogP contribution in [-0.4, -0.2) is 82.2 Å². The van der Waals surface area contributed by atoms with Gasteiger partial charge in [-0.05, 0) is 35.9 Å². The topological polar surface area (TPSA) is 209 Å². The molecule has 0 saturated carbocycles. The Balaban J connectivity index is 1.34. The molecule has 236 valence electrons. The number of ether oxygens (including phenoxy) is 2. The Kier molecular flexibility index (Phi) is 11.5. The van der Waals surface area contributed by atoms with Crippen LogP contribution in [0.4, 0.5) is 4.39 Å². The minimum Gasteiger partial charge on any atom is -0.491 e. The van der Waals surface area contributed by atoms with Gasteiger partial charge in [-0.25, -0.2) is 32.4 Å². The van der Waals surface area contributed by atoms with Crippen LogP contribution in [0.5, 0.6) is 11.5 Å². The number of benzene rings is 2. The molecule has 0 radical (unpaired) electrons. The molecule has 4 aromatic rings. The zero-order chi connectivity index (χ0) is 31.7. The molecular weight excluding hydrogens is 640 g/mol. The molecule has 0 aliphatic rings. The Hall–Kier alpha value is -3.84. The number of nitrogens with two attached hydrogens (primary N) is 1. The van der Waals surface area contributed by atoms with Crippen LogP contribution in [-0.2, 0) is 32.0 Å². The minimum absolute atomic E-state index is 0.0466. The number of primary sulfonamides is 1. The van der Waals surface area contributed by atoms with E-state index in [4.69, 9.17) is 14.6 Å². The van der Waals surface area contributed by atoms with Crippen molar-refractivity contribution in [2.75, 3.05) is 25.6 Å². The van der Waals surface area contributed by atoms with Crippen LogP contribution in [0, 0.1) is 0 Å². The number of thioether (sulfide) groups is 1. The largest absolute Gasteiger partial charge is 0.491 e. The number of hydrogen-bond donors (Lipinski definition) is 4. The predicted octanol–water partition coefficient (Wildman–Crippen LogP) is 1.89. The van der Waals surface area contributed by atoms with Crippen LogP contribution < -0.4 is 19.9 Å². The number of sulfonamides is 1. The molecule has 0 saturated heterocycles. The fourth-order valence-electron chi connectivity index (χ4n) is 3.91. The molecule has 0 fully saturated rings. The summed E-state index contributed by atoms with van der Waals surface area (Å²) in [5, 5.41) is 34.9.